The zero-order chi connectivity index (χ0) is 21.6. The average molecular weight is 480 g/mol. The molecule has 1 aliphatic heterocycles. The first kappa shape index (κ1) is 23.0. The minimum atomic E-state index is -1.19. The van der Waals surface area contributed by atoms with Crippen molar-refractivity contribution in [1.82, 2.24) is 10.6 Å². The van der Waals surface area contributed by atoms with Crippen LogP contribution in [0, 0.1) is 23.2 Å². The first-order chi connectivity index (χ1) is 13.8. The number of esters is 1. The zero-order valence-electron chi connectivity index (χ0n) is 16.3. The van der Waals surface area contributed by atoms with Gasteiger partial charge in [0.25, 0.3) is 0 Å². The van der Waals surface area contributed by atoms with E-state index in [-0.39, 0.29) is 22.3 Å². The van der Waals surface area contributed by atoms with Crippen molar-refractivity contribution in [3.63, 3.8) is 0 Å². The molecule has 0 radical (unpaired) electrons. The maximum Gasteiger partial charge on any atom is 0.319 e. The van der Waals surface area contributed by atoms with Crippen LogP contribution < -0.4 is 10.6 Å². The summed E-state index contributed by atoms with van der Waals surface area (Å²) in [6.45, 7) is 4.52. The van der Waals surface area contributed by atoms with E-state index >= 15 is 0 Å². The van der Waals surface area contributed by atoms with E-state index in [0.29, 0.717) is 18.0 Å². The van der Waals surface area contributed by atoms with Crippen molar-refractivity contribution < 1.29 is 19.1 Å². The fourth-order valence-corrected chi connectivity index (χ4v) is 4.18. The SMILES string of the molecule is COC(=O)[C@H]1C(=O)NC(SCC(=O)NCC(C)C)=C(C#N)[C@@H]1c1cccc(Br)c1. The van der Waals surface area contributed by atoms with Crippen LogP contribution in [0.3, 0.4) is 0 Å². The monoisotopic (exact) mass is 479 g/mol. The number of methoxy groups -OCH3 is 1. The van der Waals surface area contributed by atoms with Crippen LogP contribution in [0.15, 0.2) is 39.3 Å². The number of carbonyl (C=O) groups is 3. The van der Waals surface area contributed by atoms with Crippen LogP contribution in [0.25, 0.3) is 0 Å². The predicted octanol–water partition coefficient (Wildman–Crippen LogP) is 2.69. The Balaban J connectivity index is 2.39. The number of hydrogen-bond donors (Lipinski definition) is 2. The van der Waals surface area contributed by atoms with Gasteiger partial charge in [-0.1, -0.05) is 53.7 Å². The van der Waals surface area contributed by atoms with Crippen molar-refractivity contribution in [2.24, 2.45) is 11.8 Å². The number of ether oxygens (including phenoxy) is 1. The van der Waals surface area contributed by atoms with E-state index in [1.54, 1.807) is 18.2 Å². The molecule has 0 saturated carbocycles. The van der Waals surface area contributed by atoms with Gasteiger partial charge in [-0.3, -0.25) is 14.4 Å². The summed E-state index contributed by atoms with van der Waals surface area (Å²) >= 11 is 4.45. The summed E-state index contributed by atoms with van der Waals surface area (Å²) in [7, 11) is 1.20. The lowest BCUT2D eigenvalue weighted by Crippen LogP contribution is -2.44. The largest absolute Gasteiger partial charge is 0.468 e. The quantitative estimate of drug-likeness (QED) is 0.459. The third-order valence-corrected chi connectivity index (χ3v) is 5.76. The highest BCUT2D eigenvalue weighted by atomic mass is 79.9. The number of carbonyl (C=O) groups excluding carboxylic acids is 3. The van der Waals surface area contributed by atoms with Crippen LogP contribution >= 0.6 is 27.7 Å². The summed E-state index contributed by atoms with van der Waals surface area (Å²) in [5.74, 6) is -3.12. The van der Waals surface area contributed by atoms with Crippen molar-refractivity contribution in [3.05, 3.63) is 44.9 Å². The molecule has 1 aliphatic rings. The normalized spacial score (nSPS) is 18.8. The predicted molar refractivity (Wildman–Crippen MR) is 113 cm³/mol. The first-order valence-corrected chi connectivity index (χ1v) is 10.7. The number of nitriles is 1. The maximum absolute atomic E-state index is 12.7. The first-order valence-electron chi connectivity index (χ1n) is 8.96. The molecule has 9 heteroatoms. The van der Waals surface area contributed by atoms with Crippen molar-refractivity contribution in [3.8, 4) is 6.07 Å². The number of allylic oxidation sites excluding steroid dienone is 1. The molecule has 0 aliphatic carbocycles. The molecule has 7 nitrogen and oxygen atoms in total. The standard InChI is InChI=1S/C20H22BrN3O4S/c1-11(2)9-23-15(25)10-29-19-14(8-22)16(12-5-4-6-13(21)7-12)17(18(26)24-19)20(27)28-3/h4-7,11,16-17H,9-10H2,1-3H3,(H,23,25)(H,24,26)/t16-,17+/m0/s1. The molecule has 2 atom stereocenters. The lowest BCUT2D eigenvalue weighted by molar-refractivity contribution is -0.150. The van der Waals surface area contributed by atoms with E-state index < -0.39 is 23.7 Å². The van der Waals surface area contributed by atoms with E-state index in [0.717, 1.165) is 16.2 Å². The van der Waals surface area contributed by atoms with Gasteiger partial charge >= 0.3 is 5.97 Å². The molecule has 0 aromatic heterocycles. The molecule has 154 valence electrons. The molecule has 29 heavy (non-hydrogen) atoms. The molecule has 1 aromatic rings. The number of nitrogens with zero attached hydrogens (tertiary/aromatic N) is 1. The smallest absolute Gasteiger partial charge is 0.319 e. The molecule has 1 heterocycles. The van der Waals surface area contributed by atoms with E-state index in [2.05, 4.69) is 32.6 Å². The number of rotatable bonds is 7. The Kier molecular flexibility index (Phi) is 8.29. The highest BCUT2D eigenvalue weighted by Crippen LogP contribution is 2.40. The maximum atomic E-state index is 12.7. The second-order valence-electron chi connectivity index (χ2n) is 6.86. The van der Waals surface area contributed by atoms with Gasteiger partial charge in [-0.25, -0.2) is 0 Å². The molecule has 1 aromatic carbocycles. The molecule has 2 N–H and O–H groups in total. The van der Waals surface area contributed by atoms with Gasteiger partial charge < -0.3 is 15.4 Å². The van der Waals surface area contributed by atoms with Crippen LogP contribution in [0.2, 0.25) is 0 Å². The van der Waals surface area contributed by atoms with E-state index in [4.69, 9.17) is 4.74 Å². The second kappa shape index (κ2) is 10.5. The number of nitrogens with one attached hydrogen (secondary N) is 2. The molecule has 0 unspecified atom stereocenters. The molecule has 0 bridgehead atoms. The minimum absolute atomic E-state index is 0.0433. The lowest BCUT2D eigenvalue weighted by atomic mass is 9.78. The highest BCUT2D eigenvalue weighted by molar-refractivity contribution is 9.10. The molecule has 0 saturated heterocycles. The fourth-order valence-electron chi connectivity index (χ4n) is 2.89. The third kappa shape index (κ3) is 5.84. The summed E-state index contributed by atoms with van der Waals surface area (Å²) < 4.78 is 5.56. The summed E-state index contributed by atoms with van der Waals surface area (Å²) in [4.78, 5) is 37.1. The Hall–Kier alpha value is -2.31. The van der Waals surface area contributed by atoms with Crippen LogP contribution in [-0.4, -0.2) is 37.2 Å². The summed E-state index contributed by atoms with van der Waals surface area (Å²) in [6.07, 6.45) is 0. The van der Waals surface area contributed by atoms with E-state index in [1.165, 1.54) is 7.11 Å². The van der Waals surface area contributed by atoms with Gasteiger partial charge in [0.05, 0.1) is 29.5 Å². The number of amides is 2. The fraction of sp³-hybridized carbons (Fsp3) is 0.400. The van der Waals surface area contributed by atoms with E-state index in [1.807, 2.05) is 19.9 Å². The van der Waals surface area contributed by atoms with Gasteiger partial charge in [-0.05, 0) is 23.6 Å². The molecule has 2 rings (SSSR count). The van der Waals surface area contributed by atoms with Gasteiger partial charge in [-0.15, -0.1) is 0 Å². The average Bonchev–Trinajstić information content (AvgIpc) is 2.69. The molecular formula is C20H22BrN3O4S. The number of thioether (sulfide) groups is 1. The van der Waals surface area contributed by atoms with Crippen LogP contribution in [-0.2, 0) is 19.1 Å². The van der Waals surface area contributed by atoms with Gasteiger partial charge in [0.2, 0.25) is 11.8 Å². The Morgan fingerprint density at radius 2 is 2.14 bits per heavy atom. The topological polar surface area (TPSA) is 108 Å². The van der Waals surface area contributed by atoms with Gasteiger partial charge in [0.1, 0.15) is 5.92 Å². The summed E-state index contributed by atoms with van der Waals surface area (Å²) in [5, 5.41) is 15.5. The number of hydrogen-bond acceptors (Lipinski definition) is 6. The third-order valence-electron chi connectivity index (χ3n) is 4.25. The Labute approximate surface area is 182 Å². The van der Waals surface area contributed by atoms with Crippen molar-refractivity contribution in [1.29, 1.82) is 5.26 Å². The van der Waals surface area contributed by atoms with Crippen molar-refractivity contribution >= 4 is 45.5 Å². The molecule has 2 amide bonds. The minimum Gasteiger partial charge on any atom is -0.468 e. The van der Waals surface area contributed by atoms with Crippen LogP contribution in [0.1, 0.15) is 25.3 Å². The Morgan fingerprint density at radius 1 is 1.41 bits per heavy atom. The molecular weight excluding hydrogens is 458 g/mol. The van der Waals surface area contributed by atoms with Crippen LogP contribution in [0.4, 0.5) is 0 Å². The number of benzene rings is 1. The second-order valence-corrected chi connectivity index (χ2v) is 8.77. The van der Waals surface area contributed by atoms with Gasteiger partial charge in [-0.2, -0.15) is 5.26 Å². The van der Waals surface area contributed by atoms with Gasteiger partial charge in [0, 0.05) is 16.9 Å². The lowest BCUT2D eigenvalue weighted by Gasteiger charge is -2.31. The molecule has 0 fully saturated rings. The highest BCUT2D eigenvalue weighted by Gasteiger charge is 2.44. The summed E-state index contributed by atoms with van der Waals surface area (Å²) in [5.41, 5.74) is 0.850. The van der Waals surface area contributed by atoms with Gasteiger partial charge in [0.15, 0.2) is 0 Å². The summed E-state index contributed by atoms with van der Waals surface area (Å²) in [6, 6.07) is 9.20. The Bertz CT molecular complexity index is 879. The van der Waals surface area contributed by atoms with E-state index in [9.17, 15) is 19.6 Å². The van der Waals surface area contributed by atoms with Crippen molar-refractivity contribution in [2.45, 2.75) is 19.8 Å². The van der Waals surface area contributed by atoms with Crippen molar-refractivity contribution in [2.75, 3.05) is 19.4 Å². The zero-order valence-corrected chi connectivity index (χ0v) is 18.7. The number of halogens is 1. The molecule has 0 spiro atoms. The van der Waals surface area contributed by atoms with Crippen LogP contribution in [0.5, 0.6) is 0 Å². The Morgan fingerprint density at radius 3 is 2.72 bits per heavy atom.